The first-order chi connectivity index (χ1) is 31.2. The molecule has 65 heavy (non-hydrogen) atoms. The number of nitrogens with zero attached hydrogens (tertiary/aromatic N) is 6. The summed E-state index contributed by atoms with van der Waals surface area (Å²) in [6.07, 6.45) is 4.67. The van der Waals surface area contributed by atoms with E-state index in [4.69, 9.17) is 25.8 Å². The van der Waals surface area contributed by atoms with Gasteiger partial charge in [-0.2, -0.15) is 4.98 Å². The van der Waals surface area contributed by atoms with Crippen LogP contribution in [0.3, 0.4) is 0 Å². The number of nitro benzene ring substituents is 1. The number of H-pyrrole nitrogens is 1. The van der Waals surface area contributed by atoms with Crippen molar-refractivity contribution >= 4 is 66.9 Å². The molecule has 1 aliphatic carbocycles. The predicted octanol–water partition coefficient (Wildman–Crippen LogP) is 7.27. The Balaban J connectivity index is 0.971. The van der Waals surface area contributed by atoms with E-state index in [-0.39, 0.29) is 36.0 Å². The first-order valence-electron chi connectivity index (χ1n) is 21.9. The number of nitro groups is 1. The number of amides is 1. The number of ether oxygens (including phenoxy) is 3. The van der Waals surface area contributed by atoms with Crippen LogP contribution in [0.1, 0.15) is 49.0 Å². The summed E-state index contributed by atoms with van der Waals surface area (Å²) in [5.41, 5.74) is 6.49. The fourth-order valence-electron chi connectivity index (χ4n) is 9.20. The summed E-state index contributed by atoms with van der Waals surface area (Å²) in [5, 5.41) is 13.7. The standard InChI is InChI=1S/C47H53ClN8O8S/c1-47(2)14-12-33(39(27-47)31-4-6-34(48)7-5-31)28-53-16-18-54(19-17-53)35-8-10-38(40(25-35)55-21-23-63-46-42(55)24-32-13-15-49-44(32)50-46)45(57)51-65(60,61)37-9-11-43(41(26-37)56(58)59)64-30-36-29-52(3)20-22-62-36/h4-11,13,15,24-26,36H,12,14,16-23,27-30H2,1-3H3,(H,49,50)(H,51,57). The van der Waals surface area contributed by atoms with Crippen molar-refractivity contribution in [2.75, 3.05) is 89.0 Å². The number of aromatic amines is 1. The van der Waals surface area contributed by atoms with Gasteiger partial charge < -0.3 is 33.9 Å². The average Bonchev–Trinajstić information content (AvgIpc) is 3.75. The predicted molar refractivity (Wildman–Crippen MR) is 250 cm³/mol. The first kappa shape index (κ1) is 44.5. The highest BCUT2D eigenvalue weighted by Crippen LogP contribution is 2.44. The number of rotatable bonds is 12. The lowest BCUT2D eigenvalue weighted by molar-refractivity contribution is -0.386. The zero-order valence-corrected chi connectivity index (χ0v) is 38.3. The van der Waals surface area contributed by atoms with Crippen LogP contribution in [0.5, 0.6) is 11.6 Å². The van der Waals surface area contributed by atoms with Gasteiger partial charge in [0, 0.05) is 74.2 Å². The van der Waals surface area contributed by atoms with Crippen molar-refractivity contribution in [3.05, 3.63) is 111 Å². The van der Waals surface area contributed by atoms with Crippen LogP contribution in [0.4, 0.5) is 22.7 Å². The number of allylic oxidation sites excluding steroid dienone is 1. The lowest BCUT2D eigenvalue weighted by Crippen LogP contribution is -2.47. The van der Waals surface area contributed by atoms with Gasteiger partial charge in [0.05, 0.1) is 34.2 Å². The van der Waals surface area contributed by atoms with Crippen LogP contribution in [0.15, 0.2) is 89.5 Å². The van der Waals surface area contributed by atoms with Gasteiger partial charge in [0.15, 0.2) is 5.75 Å². The number of fused-ring (bicyclic) bond motifs is 2. The van der Waals surface area contributed by atoms with E-state index in [9.17, 15) is 23.3 Å². The maximum atomic E-state index is 14.3. The first-order valence-corrected chi connectivity index (χ1v) is 23.8. The lowest BCUT2D eigenvalue weighted by Gasteiger charge is -2.39. The quantitative estimate of drug-likeness (QED) is 0.0945. The molecular formula is C47H53ClN8O8S. The Morgan fingerprint density at radius 2 is 1.80 bits per heavy atom. The summed E-state index contributed by atoms with van der Waals surface area (Å²) in [6, 6.07) is 20.7. The highest BCUT2D eigenvalue weighted by Gasteiger charge is 2.32. The van der Waals surface area contributed by atoms with Gasteiger partial charge in [0.25, 0.3) is 15.9 Å². The number of aromatic nitrogens is 2. The van der Waals surface area contributed by atoms with E-state index in [1.165, 1.54) is 28.8 Å². The molecule has 9 rings (SSSR count). The molecule has 1 atom stereocenters. The molecule has 2 fully saturated rings. The molecule has 2 N–H and O–H groups in total. The Hall–Kier alpha value is -5.72. The van der Waals surface area contributed by atoms with Gasteiger partial charge in [-0.05, 0) is 97.5 Å². The van der Waals surface area contributed by atoms with E-state index in [1.807, 2.05) is 48.3 Å². The van der Waals surface area contributed by atoms with Crippen molar-refractivity contribution in [3.8, 4) is 11.6 Å². The number of benzene rings is 3. The van der Waals surface area contributed by atoms with Gasteiger partial charge in [0.1, 0.15) is 30.7 Å². The van der Waals surface area contributed by atoms with E-state index in [0.717, 1.165) is 80.7 Å². The molecule has 1 amide bonds. The van der Waals surface area contributed by atoms with Crippen LogP contribution < -0.4 is 24.0 Å². The molecule has 1 unspecified atom stereocenters. The minimum Gasteiger partial charge on any atom is -0.484 e. The highest BCUT2D eigenvalue weighted by molar-refractivity contribution is 7.90. The Morgan fingerprint density at radius 3 is 2.57 bits per heavy atom. The number of anilines is 3. The van der Waals surface area contributed by atoms with Gasteiger partial charge in [-0.1, -0.05) is 43.2 Å². The van der Waals surface area contributed by atoms with Gasteiger partial charge in [-0.3, -0.25) is 19.8 Å². The normalized spacial score (nSPS) is 19.5. The molecule has 0 bridgehead atoms. The Bertz CT molecular complexity index is 2750. The Kier molecular flexibility index (Phi) is 12.5. The number of piperazine rings is 1. The SMILES string of the molecule is CN1CCOC(COc2ccc(S(=O)(=O)NC(=O)c3ccc(N4CCN(CC5=C(c6ccc(Cl)cc6)CC(C)(C)CC5)CC4)cc3N3CCOc4nc5[nH]ccc5cc43)cc2[N+](=O)[O-])C1. The number of morpholine rings is 1. The van der Waals surface area contributed by atoms with Crippen molar-refractivity contribution in [2.24, 2.45) is 5.41 Å². The Morgan fingerprint density at radius 1 is 1.00 bits per heavy atom. The number of halogens is 1. The number of sulfonamides is 1. The van der Waals surface area contributed by atoms with E-state index in [1.54, 1.807) is 12.3 Å². The van der Waals surface area contributed by atoms with Gasteiger partial charge >= 0.3 is 5.69 Å². The molecular weight excluding hydrogens is 872 g/mol. The second-order valence-electron chi connectivity index (χ2n) is 18.0. The van der Waals surface area contributed by atoms with Crippen molar-refractivity contribution in [3.63, 3.8) is 0 Å². The summed E-state index contributed by atoms with van der Waals surface area (Å²) in [7, 11) is -2.66. The molecule has 18 heteroatoms. The van der Waals surface area contributed by atoms with Crippen molar-refractivity contribution < 1.29 is 32.3 Å². The maximum absolute atomic E-state index is 14.3. The van der Waals surface area contributed by atoms with Gasteiger partial charge in [-0.15, -0.1) is 0 Å². The summed E-state index contributed by atoms with van der Waals surface area (Å²) >= 11 is 6.26. The fourth-order valence-corrected chi connectivity index (χ4v) is 10.3. The topological polar surface area (TPSA) is 176 Å². The summed E-state index contributed by atoms with van der Waals surface area (Å²) in [6.45, 7) is 11.2. The Labute approximate surface area is 383 Å². The molecule has 16 nitrogen and oxygen atoms in total. The number of carbonyl (C=O) groups excluding carboxylic acids is 1. The number of likely N-dealkylation sites (N-methyl/N-ethyl adjacent to an activating group) is 1. The molecule has 3 aromatic carbocycles. The molecule has 5 aromatic rings. The number of hydrogen-bond acceptors (Lipinski definition) is 13. The number of hydrogen-bond donors (Lipinski definition) is 2. The monoisotopic (exact) mass is 924 g/mol. The third-order valence-corrected chi connectivity index (χ3v) is 14.4. The van der Waals surface area contributed by atoms with E-state index < -0.39 is 31.4 Å². The van der Waals surface area contributed by atoms with E-state index >= 15 is 0 Å². The smallest absolute Gasteiger partial charge is 0.312 e. The largest absolute Gasteiger partial charge is 0.484 e. The second-order valence-corrected chi connectivity index (χ2v) is 20.1. The zero-order chi connectivity index (χ0) is 45.5. The minimum atomic E-state index is -4.61. The molecule has 0 spiro atoms. The van der Waals surface area contributed by atoms with Crippen molar-refractivity contribution in [2.45, 2.75) is 44.1 Å². The average molecular weight is 926 g/mol. The molecule has 2 aromatic heterocycles. The van der Waals surface area contributed by atoms with Crippen LogP contribution in [-0.4, -0.2) is 124 Å². The van der Waals surface area contributed by atoms with Crippen molar-refractivity contribution in [1.29, 1.82) is 0 Å². The lowest BCUT2D eigenvalue weighted by atomic mass is 9.72. The number of carbonyl (C=O) groups is 1. The van der Waals surface area contributed by atoms with E-state index in [0.29, 0.717) is 42.6 Å². The van der Waals surface area contributed by atoms with E-state index in [2.05, 4.69) is 55.4 Å². The second kappa shape index (κ2) is 18.3. The summed E-state index contributed by atoms with van der Waals surface area (Å²) in [5.74, 6) is -0.633. The van der Waals surface area contributed by atoms with Crippen LogP contribution in [0.25, 0.3) is 16.6 Å². The summed E-state index contributed by atoms with van der Waals surface area (Å²) < 4.78 is 47.4. The van der Waals surface area contributed by atoms with Crippen molar-refractivity contribution in [1.82, 2.24) is 24.5 Å². The molecule has 5 heterocycles. The van der Waals surface area contributed by atoms with Gasteiger partial charge in [0.2, 0.25) is 5.88 Å². The molecule has 0 radical (unpaired) electrons. The maximum Gasteiger partial charge on any atom is 0.312 e. The number of pyridine rings is 1. The van der Waals surface area contributed by atoms with Crippen LogP contribution >= 0.6 is 11.6 Å². The third kappa shape index (κ3) is 9.80. The number of nitrogens with one attached hydrogen (secondary N) is 2. The molecule has 342 valence electrons. The van der Waals surface area contributed by atoms with Gasteiger partial charge in [-0.25, -0.2) is 13.1 Å². The van der Waals surface area contributed by atoms with Crippen LogP contribution in [0.2, 0.25) is 5.02 Å². The van der Waals surface area contributed by atoms with Crippen LogP contribution in [-0.2, 0) is 14.8 Å². The molecule has 0 saturated carbocycles. The molecule has 2 saturated heterocycles. The van der Waals surface area contributed by atoms with Crippen LogP contribution in [0, 0.1) is 15.5 Å². The fraction of sp³-hybridized carbons (Fsp3) is 0.404. The minimum absolute atomic E-state index is 0.0428. The molecule has 3 aliphatic heterocycles. The molecule has 4 aliphatic rings. The highest BCUT2D eigenvalue weighted by atomic mass is 35.5. The summed E-state index contributed by atoms with van der Waals surface area (Å²) in [4.78, 5) is 41.9. The zero-order valence-electron chi connectivity index (χ0n) is 36.7. The third-order valence-electron chi connectivity index (χ3n) is 12.8.